The molecule has 3 atom stereocenters. The van der Waals surface area contributed by atoms with Crippen molar-refractivity contribution in [1.29, 1.82) is 0 Å². The smallest absolute Gasteiger partial charge is 0.372 e. The fourth-order valence-corrected chi connectivity index (χ4v) is 4.85. The average molecular weight is 517 g/mol. The third-order valence-corrected chi connectivity index (χ3v) is 7.02. The SMILES string of the molecule is C.C[C@@H](OC[C@@]1(c2ccccc2)CC[C@@]2(CCC(=O)N2)CN1)c1cc(C(F)(F)F)cc(C(F)(F)F)c1. The van der Waals surface area contributed by atoms with Crippen LogP contribution in [0.25, 0.3) is 0 Å². The number of hydrogen-bond donors (Lipinski definition) is 2. The van der Waals surface area contributed by atoms with Crippen molar-refractivity contribution in [2.75, 3.05) is 13.2 Å². The molecule has 4 nitrogen and oxygen atoms in total. The zero-order chi connectivity index (χ0) is 25.5. The Morgan fingerprint density at radius 3 is 2.03 bits per heavy atom. The summed E-state index contributed by atoms with van der Waals surface area (Å²) in [5, 5.41) is 6.52. The first-order valence-corrected chi connectivity index (χ1v) is 11.3. The van der Waals surface area contributed by atoms with Crippen molar-refractivity contribution < 1.29 is 35.9 Å². The molecule has 4 rings (SSSR count). The number of halogens is 6. The minimum absolute atomic E-state index is 0. The highest BCUT2D eigenvalue weighted by molar-refractivity contribution is 5.79. The van der Waals surface area contributed by atoms with Crippen LogP contribution in [0.2, 0.25) is 0 Å². The van der Waals surface area contributed by atoms with E-state index in [0.29, 0.717) is 44.4 Å². The number of carbonyl (C=O) groups excluding carboxylic acids is 1. The Hall–Kier alpha value is -2.59. The van der Waals surface area contributed by atoms with Crippen molar-refractivity contribution in [2.45, 2.75) is 69.6 Å². The maximum Gasteiger partial charge on any atom is 0.416 e. The van der Waals surface area contributed by atoms with Crippen LogP contribution in [0, 0.1) is 0 Å². The molecule has 0 unspecified atom stereocenters. The third-order valence-electron chi connectivity index (χ3n) is 7.02. The summed E-state index contributed by atoms with van der Waals surface area (Å²) in [6.45, 7) is 1.95. The van der Waals surface area contributed by atoms with Gasteiger partial charge in [0.25, 0.3) is 0 Å². The van der Waals surface area contributed by atoms with E-state index in [1.165, 1.54) is 6.92 Å². The van der Waals surface area contributed by atoms with E-state index in [0.717, 1.165) is 5.56 Å². The lowest BCUT2D eigenvalue weighted by molar-refractivity contribution is -0.143. The van der Waals surface area contributed by atoms with Gasteiger partial charge in [0.15, 0.2) is 0 Å². The molecule has 1 amide bonds. The van der Waals surface area contributed by atoms with Gasteiger partial charge in [-0.3, -0.25) is 4.79 Å². The molecule has 2 N–H and O–H groups in total. The molecule has 2 aromatic carbocycles. The fourth-order valence-electron chi connectivity index (χ4n) is 4.85. The van der Waals surface area contributed by atoms with E-state index in [9.17, 15) is 31.1 Å². The van der Waals surface area contributed by atoms with Crippen LogP contribution in [0.4, 0.5) is 26.3 Å². The number of rotatable bonds is 5. The quantitative estimate of drug-likeness (QED) is 0.455. The molecule has 10 heteroatoms. The topological polar surface area (TPSA) is 50.4 Å². The molecule has 0 radical (unpaired) electrons. The molecule has 2 aromatic rings. The van der Waals surface area contributed by atoms with Gasteiger partial charge in [0.05, 0.1) is 34.9 Å². The summed E-state index contributed by atoms with van der Waals surface area (Å²) in [6, 6.07) is 10.9. The number of benzene rings is 2. The second-order valence-electron chi connectivity index (χ2n) is 9.42. The lowest BCUT2D eigenvalue weighted by atomic mass is 9.76. The van der Waals surface area contributed by atoms with E-state index >= 15 is 0 Å². The van der Waals surface area contributed by atoms with Gasteiger partial charge in [0, 0.05) is 13.0 Å². The van der Waals surface area contributed by atoms with Crippen molar-refractivity contribution in [2.24, 2.45) is 0 Å². The van der Waals surface area contributed by atoms with Gasteiger partial charge in [0.1, 0.15) is 0 Å². The number of amides is 1. The molecule has 2 saturated heterocycles. The second-order valence-corrected chi connectivity index (χ2v) is 9.42. The lowest BCUT2D eigenvalue weighted by Crippen LogP contribution is -2.61. The zero-order valence-corrected chi connectivity index (χ0v) is 19.0. The van der Waals surface area contributed by atoms with E-state index in [4.69, 9.17) is 4.74 Å². The number of nitrogens with one attached hydrogen (secondary N) is 2. The molecular weight excluding hydrogens is 486 g/mol. The van der Waals surface area contributed by atoms with Crippen LogP contribution in [0.3, 0.4) is 0 Å². The van der Waals surface area contributed by atoms with Crippen LogP contribution in [-0.4, -0.2) is 24.6 Å². The molecule has 36 heavy (non-hydrogen) atoms. The van der Waals surface area contributed by atoms with Crippen LogP contribution in [0.5, 0.6) is 0 Å². The fraction of sp³-hybridized carbons (Fsp3) is 0.500. The molecule has 2 fully saturated rings. The minimum atomic E-state index is -4.92. The normalized spacial score (nSPS) is 25.4. The summed E-state index contributed by atoms with van der Waals surface area (Å²) in [5.41, 5.74) is -3.11. The van der Waals surface area contributed by atoms with Crippen molar-refractivity contribution in [3.63, 3.8) is 0 Å². The molecular formula is C26H30F6N2O2. The van der Waals surface area contributed by atoms with E-state index in [1.54, 1.807) is 0 Å². The van der Waals surface area contributed by atoms with Gasteiger partial charge in [-0.15, -0.1) is 0 Å². The van der Waals surface area contributed by atoms with Gasteiger partial charge in [-0.2, -0.15) is 26.3 Å². The average Bonchev–Trinajstić information content (AvgIpc) is 3.18. The molecule has 1 spiro atoms. The van der Waals surface area contributed by atoms with Crippen molar-refractivity contribution >= 4 is 5.91 Å². The van der Waals surface area contributed by atoms with E-state index < -0.39 is 35.1 Å². The van der Waals surface area contributed by atoms with Gasteiger partial charge in [0.2, 0.25) is 5.91 Å². The summed E-state index contributed by atoms with van der Waals surface area (Å²) < 4.78 is 85.6. The first kappa shape index (κ1) is 28.0. The number of ether oxygens (including phenoxy) is 1. The summed E-state index contributed by atoms with van der Waals surface area (Å²) in [7, 11) is 0. The Labute approximate surface area is 206 Å². The molecule has 0 aromatic heterocycles. The Kier molecular flexibility index (Phi) is 7.81. The van der Waals surface area contributed by atoms with Crippen LogP contribution < -0.4 is 10.6 Å². The first-order valence-electron chi connectivity index (χ1n) is 11.3. The Bertz CT molecular complexity index is 1030. The number of alkyl halides is 6. The number of hydrogen-bond acceptors (Lipinski definition) is 3. The summed E-state index contributed by atoms with van der Waals surface area (Å²) in [5.74, 6) is -0.00565. The van der Waals surface area contributed by atoms with E-state index in [2.05, 4.69) is 10.6 Å². The highest BCUT2D eigenvalue weighted by Gasteiger charge is 2.47. The molecule has 0 saturated carbocycles. The third kappa shape index (κ3) is 5.86. The van der Waals surface area contributed by atoms with Gasteiger partial charge in [-0.1, -0.05) is 37.8 Å². The maximum atomic E-state index is 13.3. The van der Waals surface area contributed by atoms with Crippen molar-refractivity contribution in [3.05, 3.63) is 70.8 Å². The molecule has 2 aliphatic rings. The lowest BCUT2D eigenvalue weighted by Gasteiger charge is -2.46. The van der Waals surface area contributed by atoms with Crippen LogP contribution in [-0.2, 0) is 27.4 Å². The van der Waals surface area contributed by atoms with E-state index in [1.807, 2.05) is 30.3 Å². The summed E-state index contributed by atoms with van der Waals surface area (Å²) in [4.78, 5) is 11.8. The van der Waals surface area contributed by atoms with Crippen LogP contribution >= 0.6 is 0 Å². The predicted octanol–water partition coefficient (Wildman–Crippen LogP) is 6.37. The van der Waals surface area contributed by atoms with Crippen LogP contribution in [0.1, 0.15) is 68.4 Å². The van der Waals surface area contributed by atoms with Gasteiger partial charge in [-0.05, 0) is 55.5 Å². The Morgan fingerprint density at radius 2 is 1.56 bits per heavy atom. The van der Waals surface area contributed by atoms with Crippen LogP contribution in [0.15, 0.2) is 48.5 Å². The van der Waals surface area contributed by atoms with Gasteiger partial charge >= 0.3 is 12.4 Å². The predicted molar refractivity (Wildman–Crippen MR) is 123 cm³/mol. The molecule has 0 bridgehead atoms. The molecule has 2 heterocycles. The second kappa shape index (κ2) is 10.0. The van der Waals surface area contributed by atoms with Gasteiger partial charge < -0.3 is 15.4 Å². The summed E-state index contributed by atoms with van der Waals surface area (Å²) in [6.07, 6.45) is -8.49. The zero-order valence-electron chi connectivity index (χ0n) is 19.0. The summed E-state index contributed by atoms with van der Waals surface area (Å²) >= 11 is 0. The van der Waals surface area contributed by atoms with Gasteiger partial charge in [-0.25, -0.2) is 0 Å². The standard InChI is InChI=1S/C25H26F6N2O2.CH4/c1-16(17-11-19(24(26,27)28)13-20(12-17)25(29,30)31)35-15-23(18-5-3-2-4-6-18)10-9-22(14-32-23)8-7-21(34)33-22;/h2-6,11-13,16,32H,7-10,14-15H2,1H3,(H,33,34);1H4/t16-,22+,23-;/m1./s1. The highest BCUT2D eigenvalue weighted by atomic mass is 19.4. The number of carbonyl (C=O) groups is 1. The van der Waals surface area contributed by atoms with E-state index in [-0.39, 0.29) is 37.1 Å². The first-order chi connectivity index (χ1) is 16.3. The highest BCUT2D eigenvalue weighted by Crippen LogP contribution is 2.40. The Balaban J connectivity index is 0.00000361. The largest absolute Gasteiger partial charge is 0.416 e. The van der Waals surface area contributed by atoms with Crippen molar-refractivity contribution in [3.8, 4) is 0 Å². The Morgan fingerprint density at radius 1 is 0.944 bits per heavy atom. The van der Waals surface area contributed by atoms with Crippen molar-refractivity contribution in [1.82, 2.24) is 10.6 Å². The monoisotopic (exact) mass is 516 g/mol. The maximum absolute atomic E-state index is 13.3. The molecule has 2 aliphatic heterocycles. The number of piperidine rings is 1. The minimum Gasteiger partial charge on any atom is -0.372 e. The molecule has 198 valence electrons. The molecule has 0 aliphatic carbocycles.